The van der Waals surface area contributed by atoms with Crippen molar-refractivity contribution in [1.82, 2.24) is 5.32 Å². The van der Waals surface area contributed by atoms with Gasteiger partial charge in [-0.1, -0.05) is 26.7 Å². The van der Waals surface area contributed by atoms with E-state index in [0.717, 1.165) is 24.7 Å². The van der Waals surface area contributed by atoms with Crippen LogP contribution in [-0.2, 0) is 4.79 Å². The second kappa shape index (κ2) is 6.11. The predicted octanol–water partition coefficient (Wildman–Crippen LogP) is 1.67. The first-order valence-electron chi connectivity index (χ1n) is 6.13. The van der Waals surface area contributed by atoms with Crippen molar-refractivity contribution in [2.24, 2.45) is 17.6 Å². The van der Waals surface area contributed by atoms with Crippen LogP contribution in [0, 0.1) is 11.8 Å². The molecule has 2 atom stereocenters. The van der Waals surface area contributed by atoms with Crippen LogP contribution in [0.4, 0.5) is 0 Å². The van der Waals surface area contributed by atoms with E-state index >= 15 is 0 Å². The normalized spacial score (nSPS) is 26.7. The fraction of sp³-hybridized carbons (Fsp3) is 0.917. The van der Waals surface area contributed by atoms with Crippen LogP contribution in [0.25, 0.3) is 0 Å². The predicted molar refractivity (Wildman–Crippen MR) is 62.4 cm³/mol. The quantitative estimate of drug-likeness (QED) is 0.744. The highest BCUT2D eigenvalue weighted by Gasteiger charge is 2.24. The second-order valence-electron chi connectivity index (χ2n) is 4.97. The third-order valence-corrected chi connectivity index (χ3v) is 3.39. The van der Waals surface area contributed by atoms with E-state index in [1.165, 1.54) is 12.8 Å². The minimum Gasteiger partial charge on any atom is -0.353 e. The molecule has 0 aromatic rings. The van der Waals surface area contributed by atoms with Crippen LogP contribution in [0.15, 0.2) is 0 Å². The molecular formula is C12H24N2O. The van der Waals surface area contributed by atoms with Gasteiger partial charge in [0, 0.05) is 19.0 Å². The van der Waals surface area contributed by atoms with Gasteiger partial charge in [0.25, 0.3) is 0 Å². The first-order chi connectivity index (χ1) is 7.13. The molecule has 0 spiro atoms. The molecule has 1 aliphatic rings. The van der Waals surface area contributed by atoms with Gasteiger partial charge in [-0.05, 0) is 24.7 Å². The maximum absolute atomic E-state index is 11.4. The van der Waals surface area contributed by atoms with E-state index in [4.69, 9.17) is 5.73 Å². The van der Waals surface area contributed by atoms with E-state index in [1.807, 2.05) is 0 Å². The van der Waals surface area contributed by atoms with Crippen molar-refractivity contribution in [2.75, 3.05) is 6.54 Å². The Morgan fingerprint density at radius 3 is 2.80 bits per heavy atom. The summed E-state index contributed by atoms with van der Waals surface area (Å²) in [7, 11) is 0. The van der Waals surface area contributed by atoms with Gasteiger partial charge in [0.05, 0.1) is 0 Å². The van der Waals surface area contributed by atoms with Gasteiger partial charge in [-0.2, -0.15) is 0 Å². The van der Waals surface area contributed by atoms with Gasteiger partial charge >= 0.3 is 0 Å². The van der Waals surface area contributed by atoms with Crippen LogP contribution in [0.1, 0.15) is 46.0 Å². The molecule has 0 radical (unpaired) electrons. The van der Waals surface area contributed by atoms with Crippen LogP contribution < -0.4 is 11.1 Å². The summed E-state index contributed by atoms with van der Waals surface area (Å²) in [4.78, 5) is 11.4. The smallest absolute Gasteiger partial charge is 0.221 e. The molecule has 3 N–H and O–H groups in total. The van der Waals surface area contributed by atoms with Gasteiger partial charge in [0.2, 0.25) is 5.91 Å². The van der Waals surface area contributed by atoms with Gasteiger partial charge in [-0.3, -0.25) is 4.79 Å². The van der Waals surface area contributed by atoms with E-state index in [2.05, 4.69) is 19.2 Å². The fourth-order valence-corrected chi connectivity index (χ4v) is 2.40. The Kier molecular flexibility index (Phi) is 5.09. The van der Waals surface area contributed by atoms with E-state index in [0.29, 0.717) is 19.0 Å². The molecule has 0 aromatic heterocycles. The average molecular weight is 212 g/mol. The fourth-order valence-electron chi connectivity index (χ4n) is 2.40. The summed E-state index contributed by atoms with van der Waals surface area (Å²) in [6.07, 6.45) is 5.31. The van der Waals surface area contributed by atoms with Crippen molar-refractivity contribution in [3.05, 3.63) is 0 Å². The first-order valence-corrected chi connectivity index (χ1v) is 6.13. The third kappa shape index (κ3) is 4.20. The van der Waals surface area contributed by atoms with Gasteiger partial charge in [-0.15, -0.1) is 0 Å². The Morgan fingerprint density at radius 2 is 2.20 bits per heavy atom. The number of amides is 1. The monoisotopic (exact) mass is 212 g/mol. The highest BCUT2D eigenvalue weighted by atomic mass is 16.1. The lowest BCUT2D eigenvalue weighted by molar-refractivity contribution is -0.121. The molecule has 1 amide bonds. The third-order valence-electron chi connectivity index (χ3n) is 3.39. The Balaban J connectivity index is 2.33. The number of carbonyl (C=O) groups is 1. The summed E-state index contributed by atoms with van der Waals surface area (Å²) < 4.78 is 0. The molecule has 0 aromatic carbocycles. The van der Waals surface area contributed by atoms with Crippen LogP contribution in [0.3, 0.4) is 0 Å². The number of hydrogen-bond acceptors (Lipinski definition) is 2. The van der Waals surface area contributed by atoms with Crippen LogP contribution >= 0.6 is 0 Å². The SMILES string of the molecule is CC(C)C1CCCC(NC(=O)CCN)C1. The maximum Gasteiger partial charge on any atom is 0.221 e. The zero-order chi connectivity index (χ0) is 11.3. The molecule has 1 saturated carbocycles. The van der Waals surface area contributed by atoms with Gasteiger partial charge < -0.3 is 11.1 Å². The summed E-state index contributed by atoms with van der Waals surface area (Å²) in [6, 6.07) is 0.394. The Labute approximate surface area is 92.8 Å². The van der Waals surface area contributed by atoms with Crippen LogP contribution in [-0.4, -0.2) is 18.5 Å². The zero-order valence-corrected chi connectivity index (χ0v) is 9.96. The minimum absolute atomic E-state index is 0.118. The van der Waals surface area contributed by atoms with E-state index < -0.39 is 0 Å². The number of nitrogens with one attached hydrogen (secondary N) is 1. The highest BCUT2D eigenvalue weighted by molar-refractivity contribution is 5.76. The standard InChI is InChI=1S/C12H24N2O/c1-9(2)10-4-3-5-11(8-10)14-12(15)6-7-13/h9-11H,3-8,13H2,1-2H3,(H,14,15). The molecule has 3 nitrogen and oxygen atoms in total. The maximum atomic E-state index is 11.4. The number of carbonyl (C=O) groups excluding carboxylic acids is 1. The van der Waals surface area contributed by atoms with Crippen molar-refractivity contribution >= 4 is 5.91 Å². The summed E-state index contributed by atoms with van der Waals surface area (Å²) in [5.74, 6) is 1.63. The van der Waals surface area contributed by atoms with Crippen LogP contribution in [0.2, 0.25) is 0 Å². The second-order valence-corrected chi connectivity index (χ2v) is 4.97. The molecule has 88 valence electrons. The van der Waals surface area contributed by atoms with Crippen molar-refractivity contribution < 1.29 is 4.79 Å². The molecule has 0 saturated heterocycles. The molecule has 1 rings (SSSR count). The molecule has 15 heavy (non-hydrogen) atoms. The van der Waals surface area contributed by atoms with Crippen molar-refractivity contribution in [3.8, 4) is 0 Å². The molecule has 0 heterocycles. The number of nitrogens with two attached hydrogens (primary N) is 1. The Hall–Kier alpha value is -0.570. The van der Waals surface area contributed by atoms with E-state index in [9.17, 15) is 4.79 Å². The molecule has 3 heteroatoms. The average Bonchev–Trinajstić information content (AvgIpc) is 2.18. The molecule has 0 bridgehead atoms. The first kappa shape index (κ1) is 12.5. The summed E-state index contributed by atoms with van der Waals surface area (Å²) in [5.41, 5.74) is 5.35. The summed E-state index contributed by atoms with van der Waals surface area (Å²) in [6.45, 7) is 5.00. The summed E-state index contributed by atoms with van der Waals surface area (Å²) >= 11 is 0. The molecule has 0 aliphatic heterocycles. The van der Waals surface area contributed by atoms with Crippen molar-refractivity contribution in [2.45, 2.75) is 52.0 Å². The number of hydrogen-bond donors (Lipinski definition) is 2. The largest absolute Gasteiger partial charge is 0.353 e. The molecule has 2 unspecified atom stereocenters. The molecular weight excluding hydrogens is 188 g/mol. The lowest BCUT2D eigenvalue weighted by Crippen LogP contribution is -2.39. The van der Waals surface area contributed by atoms with E-state index in [-0.39, 0.29) is 5.91 Å². The van der Waals surface area contributed by atoms with E-state index in [1.54, 1.807) is 0 Å². The lowest BCUT2D eigenvalue weighted by atomic mass is 9.79. The van der Waals surface area contributed by atoms with Gasteiger partial charge in [-0.25, -0.2) is 0 Å². The summed E-state index contributed by atoms with van der Waals surface area (Å²) in [5, 5.41) is 3.09. The zero-order valence-electron chi connectivity index (χ0n) is 9.96. The lowest BCUT2D eigenvalue weighted by Gasteiger charge is -2.32. The van der Waals surface area contributed by atoms with Crippen molar-refractivity contribution in [1.29, 1.82) is 0 Å². The number of rotatable bonds is 4. The Bertz CT molecular complexity index is 204. The molecule has 1 aliphatic carbocycles. The van der Waals surface area contributed by atoms with Gasteiger partial charge in [0.15, 0.2) is 0 Å². The molecule has 1 fully saturated rings. The topological polar surface area (TPSA) is 55.1 Å². The van der Waals surface area contributed by atoms with Crippen molar-refractivity contribution in [3.63, 3.8) is 0 Å². The minimum atomic E-state index is 0.118. The Morgan fingerprint density at radius 1 is 1.47 bits per heavy atom. The van der Waals surface area contributed by atoms with Gasteiger partial charge in [0.1, 0.15) is 0 Å². The van der Waals surface area contributed by atoms with Crippen LogP contribution in [0.5, 0.6) is 0 Å². The highest BCUT2D eigenvalue weighted by Crippen LogP contribution is 2.29.